The number of halogens is 2. The average molecular weight is 363 g/mol. The standard InChI is InChI=1S/C13H15FINO2/c1-13(2)10(6-11(13)17)16-12(18)8-4-3-7(14)5-9(8)15/h3-5,10-11,17H,6H2,1-2H3,(H,16,18). The van der Waals surface area contributed by atoms with Crippen LogP contribution in [0, 0.1) is 14.8 Å². The number of benzene rings is 1. The molecule has 2 atom stereocenters. The van der Waals surface area contributed by atoms with Crippen molar-refractivity contribution in [1.29, 1.82) is 0 Å². The van der Waals surface area contributed by atoms with Crippen molar-refractivity contribution < 1.29 is 14.3 Å². The molecule has 1 saturated carbocycles. The first kappa shape index (κ1) is 13.7. The first-order chi connectivity index (χ1) is 8.32. The fraction of sp³-hybridized carbons (Fsp3) is 0.462. The van der Waals surface area contributed by atoms with Crippen LogP contribution in [0.4, 0.5) is 4.39 Å². The van der Waals surface area contributed by atoms with Crippen molar-refractivity contribution in [3.8, 4) is 0 Å². The maximum Gasteiger partial charge on any atom is 0.252 e. The number of aliphatic hydroxyl groups excluding tert-OH is 1. The second-order valence-electron chi connectivity index (χ2n) is 5.22. The van der Waals surface area contributed by atoms with Crippen molar-refractivity contribution in [2.45, 2.75) is 32.4 Å². The normalized spacial score (nSPS) is 25.4. The third-order valence-corrected chi connectivity index (χ3v) is 4.59. The predicted octanol–water partition coefficient (Wildman–Crippen LogP) is 2.32. The summed E-state index contributed by atoms with van der Waals surface area (Å²) in [6.45, 7) is 3.84. The van der Waals surface area contributed by atoms with E-state index in [1.165, 1.54) is 18.2 Å². The SMILES string of the molecule is CC1(C)C(O)CC1NC(=O)c1ccc(F)cc1I. The van der Waals surface area contributed by atoms with Crippen LogP contribution in [0.25, 0.3) is 0 Å². The molecule has 0 aliphatic heterocycles. The molecule has 2 N–H and O–H groups in total. The lowest BCUT2D eigenvalue weighted by molar-refractivity contribution is -0.0689. The van der Waals surface area contributed by atoms with Crippen molar-refractivity contribution in [3.05, 3.63) is 33.1 Å². The lowest BCUT2D eigenvalue weighted by Crippen LogP contribution is -2.61. The van der Waals surface area contributed by atoms with Crippen molar-refractivity contribution in [2.75, 3.05) is 0 Å². The number of rotatable bonds is 2. The molecule has 0 saturated heterocycles. The molecule has 2 rings (SSSR count). The molecule has 1 amide bonds. The van der Waals surface area contributed by atoms with Crippen LogP contribution in [0.1, 0.15) is 30.6 Å². The molecule has 1 aromatic carbocycles. The third kappa shape index (κ3) is 2.38. The maximum absolute atomic E-state index is 13.0. The average Bonchev–Trinajstić information content (AvgIpc) is 2.28. The molecule has 0 aromatic heterocycles. The Morgan fingerprint density at radius 2 is 2.22 bits per heavy atom. The largest absolute Gasteiger partial charge is 0.392 e. The molecule has 1 aromatic rings. The molecular formula is C13H15FINO2. The Morgan fingerprint density at radius 3 is 2.72 bits per heavy atom. The van der Waals surface area contributed by atoms with Gasteiger partial charge < -0.3 is 10.4 Å². The first-order valence-electron chi connectivity index (χ1n) is 5.76. The molecule has 0 heterocycles. The highest BCUT2D eigenvalue weighted by molar-refractivity contribution is 14.1. The van der Waals surface area contributed by atoms with E-state index in [-0.39, 0.29) is 29.3 Å². The Labute approximate surface area is 119 Å². The summed E-state index contributed by atoms with van der Waals surface area (Å²) in [7, 11) is 0. The van der Waals surface area contributed by atoms with Gasteiger partial charge in [-0.25, -0.2) is 4.39 Å². The molecular weight excluding hydrogens is 348 g/mol. The van der Waals surface area contributed by atoms with Gasteiger partial charge in [-0.2, -0.15) is 0 Å². The quantitative estimate of drug-likeness (QED) is 0.793. The topological polar surface area (TPSA) is 49.3 Å². The summed E-state index contributed by atoms with van der Waals surface area (Å²) in [6, 6.07) is 4.05. The summed E-state index contributed by atoms with van der Waals surface area (Å²) < 4.78 is 13.5. The molecule has 2 unspecified atom stereocenters. The van der Waals surface area contributed by atoms with E-state index in [2.05, 4.69) is 5.32 Å². The van der Waals surface area contributed by atoms with Gasteiger partial charge in [0, 0.05) is 15.0 Å². The molecule has 3 nitrogen and oxygen atoms in total. The minimum atomic E-state index is -0.380. The van der Waals surface area contributed by atoms with E-state index in [1.54, 1.807) is 0 Å². The molecule has 1 fully saturated rings. The van der Waals surface area contributed by atoms with Crippen LogP contribution < -0.4 is 5.32 Å². The minimum absolute atomic E-state index is 0.0409. The van der Waals surface area contributed by atoms with E-state index in [9.17, 15) is 14.3 Å². The lowest BCUT2D eigenvalue weighted by Gasteiger charge is -2.49. The molecule has 98 valence electrons. The Hall–Kier alpha value is -0.690. The van der Waals surface area contributed by atoms with Crippen LogP contribution >= 0.6 is 22.6 Å². The second-order valence-corrected chi connectivity index (χ2v) is 6.39. The third-order valence-electron chi connectivity index (χ3n) is 3.70. The lowest BCUT2D eigenvalue weighted by atomic mass is 9.64. The fourth-order valence-electron chi connectivity index (χ4n) is 2.06. The van der Waals surface area contributed by atoms with E-state index >= 15 is 0 Å². The Morgan fingerprint density at radius 1 is 1.56 bits per heavy atom. The van der Waals surface area contributed by atoms with Crippen molar-refractivity contribution in [1.82, 2.24) is 5.32 Å². The summed E-state index contributed by atoms with van der Waals surface area (Å²) in [5, 5.41) is 12.5. The van der Waals surface area contributed by atoms with Crippen LogP contribution in [0.3, 0.4) is 0 Å². The molecule has 0 bridgehead atoms. The first-order valence-corrected chi connectivity index (χ1v) is 6.84. The Balaban J connectivity index is 2.09. The van der Waals surface area contributed by atoms with Crippen molar-refractivity contribution in [3.63, 3.8) is 0 Å². The van der Waals surface area contributed by atoms with Gasteiger partial charge in [-0.15, -0.1) is 0 Å². The van der Waals surface area contributed by atoms with Crippen LogP contribution in [0.2, 0.25) is 0 Å². The van der Waals surface area contributed by atoms with E-state index < -0.39 is 0 Å². The highest BCUT2D eigenvalue weighted by atomic mass is 127. The number of aliphatic hydroxyl groups is 1. The highest BCUT2D eigenvalue weighted by Crippen LogP contribution is 2.40. The molecule has 1 aliphatic carbocycles. The zero-order valence-corrected chi connectivity index (χ0v) is 12.4. The summed E-state index contributed by atoms with van der Waals surface area (Å²) in [5.41, 5.74) is 0.162. The number of carbonyl (C=O) groups is 1. The molecule has 0 spiro atoms. The zero-order chi connectivity index (χ0) is 13.5. The number of nitrogens with one attached hydrogen (secondary N) is 1. The van der Waals surface area contributed by atoms with E-state index in [0.29, 0.717) is 15.6 Å². The van der Waals surface area contributed by atoms with Gasteiger partial charge in [0.2, 0.25) is 0 Å². The Kier molecular flexibility index (Phi) is 3.64. The second kappa shape index (κ2) is 4.77. The van der Waals surface area contributed by atoms with Gasteiger partial charge in [0.05, 0.1) is 11.7 Å². The van der Waals surface area contributed by atoms with Gasteiger partial charge in [0.1, 0.15) is 5.82 Å². The Bertz CT molecular complexity index is 490. The van der Waals surface area contributed by atoms with Gasteiger partial charge >= 0.3 is 0 Å². The summed E-state index contributed by atoms with van der Waals surface area (Å²) in [5.74, 6) is -0.570. The molecule has 0 radical (unpaired) electrons. The summed E-state index contributed by atoms with van der Waals surface area (Å²) >= 11 is 1.94. The minimum Gasteiger partial charge on any atom is -0.392 e. The number of hydrogen-bond acceptors (Lipinski definition) is 2. The van der Waals surface area contributed by atoms with Crippen LogP contribution in [-0.2, 0) is 0 Å². The van der Waals surface area contributed by atoms with Gasteiger partial charge in [0.25, 0.3) is 5.91 Å². The van der Waals surface area contributed by atoms with E-state index in [4.69, 9.17) is 0 Å². The molecule has 5 heteroatoms. The predicted molar refractivity (Wildman–Crippen MR) is 74.8 cm³/mol. The number of hydrogen-bond donors (Lipinski definition) is 2. The van der Waals surface area contributed by atoms with Crippen LogP contribution in [-0.4, -0.2) is 23.2 Å². The smallest absolute Gasteiger partial charge is 0.252 e. The van der Waals surface area contributed by atoms with Gasteiger partial charge in [-0.3, -0.25) is 4.79 Å². The summed E-state index contributed by atoms with van der Waals surface area (Å²) in [6.07, 6.45) is 0.186. The summed E-state index contributed by atoms with van der Waals surface area (Å²) in [4.78, 5) is 12.1. The maximum atomic E-state index is 13.0. The monoisotopic (exact) mass is 363 g/mol. The number of carbonyl (C=O) groups excluding carboxylic acids is 1. The van der Waals surface area contributed by atoms with Crippen molar-refractivity contribution in [2.24, 2.45) is 5.41 Å². The fourth-order valence-corrected chi connectivity index (χ4v) is 2.78. The van der Waals surface area contributed by atoms with Gasteiger partial charge in [-0.1, -0.05) is 13.8 Å². The number of amides is 1. The van der Waals surface area contributed by atoms with Crippen LogP contribution in [0.5, 0.6) is 0 Å². The highest BCUT2D eigenvalue weighted by Gasteiger charge is 2.48. The van der Waals surface area contributed by atoms with E-state index in [0.717, 1.165) is 0 Å². The zero-order valence-electron chi connectivity index (χ0n) is 10.2. The molecule has 18 heavy (non-hydrogen) atoms. The van der Waals surface area contributed by atoms with E-state index in [1.807, 2.05) is 36.4 Å². The van der Waals surface area contributed by atoms with Crippen molar-refractivity contribution >= 4 is 28.5 Å². The van der Waals surface area contributed by atoms with Gasteiger partial charge in [-0.05, 0) is 47.2 Å². The molecule has 1 aliphatic rings. The van der Waals surface area contributed by atoms with Gasteiger partial charge in [0.15, 0.2) is 0 Å². The van der Waals surface area contributed by atoms with Crippen LogP contribution in [0.15, 0.2) is 18.2 Å².